The Kier molecular flexibility index (Phi) is 6.06. The van der Waals surface area contributed by atoms with Crippen molar-refractivity contribution in [3.63, 3.8) is 0 Å². The molecule has 3 nitrogen and oxygen atoms in total. The van der Waals surface area contributed by atoms with Crippen molar-refractivity contribution in [1.82, 2.24) is 4.90 Å². The molecule has 1 unspecified atom stereocenters. The molecule has 3 heteroatoms. The number of hydrogen-bond acceptors (Lipinski definition) is 3. The van der Waals surface area contributed by atoms with Crippen molar-refractivity contribution in [2.45, 2.75) is 45.1 Å². The SMILES string of the molecule is CC1CCCCN1CCCCOC(=O)c1ccccc1. The molecule has 0 amide bonds. The second-order valence-electron chi connectivity index (χ2n) is 5.59. The molecule has 1 aliphatic rings. The second-order valence-corrected chi connectivity index (χ2v) is 5.59. The maximum atomic E-state index is 11.7. The van der Waals surface area contributed by atoms with Gasteiger partial charge in [-0.3, -0.25) is 0 Å². The molecule has 0 spiro atoms. The molecule has 1 saturated heterocycles. The van der Waals surface area contributed by atoms with Gasteiger partial charge in [0, 0.05) is 6.04 Å². The van der Waals surface area contributed by atoms with E-state index >= 15 is 0 Å². The average Bonchev–Trinajstić information content (AvgIpc) is 2.49. The fraction of sp³-hybridized carbons (Fsp3) is 0.588. The van der Waals surface area contributed by atoms with Gasteiger partial charge in [-0.25, -0.2) is 4.79 Å². The largest absolute Gasteiger partial charge is 0.462 e. The van der Waals surface area contributed by atoms with E-state index in [0.717, 1.165) is 25.4 Å². The zero-order chi connectivity index (χ0) is 14.2. The van der Waals surface area contributed by atoms with Crippen LogP contribution < -0.4 is 0 Å². The Morgan fingerprint density at radius 1 is 1.25 bits per heavy atom. The number of unbranched alkanes of at least 4 members (excludes halogenated alkanes) is 1. The third-order valence-corrected chi connectivity index (χ3v) is 4.02. The maximum Gasteiger partial charge on any atom is 0.338 e. The van der Waals surface area contributed by atoms with E-state index in [-0.39, 0.29) is 5.97 Å². The highest BCUT2D eigenvalue weighted by Gasteiger charge is 2.17. The molecule has 0 N–H and O–H groups in total. The van der Waals surface area contributed by atoms with Crippen LogP contribution in [0.15, 0.2) is 30.3 Å². The summed E-state index contributed by atoms with van der Waals surface area (Å²) in [5, 5.41) is 0. The van der Waals surface area contributed by atoms with Gasteiger partial charge in [0.05, 0.1) is 12.2 Å². The molecule has 1 aromatic carbocycles. The van der Waals surface area contributed by atoms with E-state index in [9.17, 15) is 4.79 Å². The lowest BCUT2D eigenvalue weighted by atomic mass is 10.0. The van der Waals surface area contributed by atoms with Crippen molar-refractivity contribution in [1.29, 1.82) is 0 Å². The van der Waals surface area contributed by atoms with Crippen LogP contribution in [0.2, 0.25) is 0 Å². The molecule has 1 aromatic rings. The smallest absolute Gasteiger partial charge is 0.338 e. The van der Waals surface area contributed by atoms with E-state index in [1.807, 2.05) is 18.2 Å². The molecule has 0 saturated carbocycles. The zero-order valence-electron chi connectivity index (χ0n) is 12.4. The quantitative estimate of drug-likeness (QED) is 0.588. The summed E-state index contributed by atoms with van der Waals surface area (Å²) >= 11 is 0. The number of piperidine rings is 1. The fourth-order valence-corrected chi connectivity index (χ4v) is 2.73. The van der Waals surface area contributed by atoms with E-state index in [2.05, 4.69) is 11.8 Å². The predicted octanol–water partition coefficient (Wildman–Crippen LogP) is 3.50. The monoisotopic (exact) mass is 275 g/mol. The summed E-state index contributed by atoms with van der Waals surface area (Å²) in [5.74, 6) is -0.211. The van der Waals surface area contributed by atoms with Crippen LogP contribution in [-0.4, -0.2) is 36.6 Å². The maximum absolute atomic E-state index is 11.7. The molecular formula is C17H25NO2. The predicted molar refractivity (Wildman–Crippen MR) is 80.8 cm³/mol. The minimum atomic E-state index is -0.211. The topological polar surface area (TPSA) is 29.5 Å². The molecule has 0 bridgehead atoms. The summed E-state index contributed by atoms with van der Waals surface area (Å²) in [5.41, 5.74) is 0.636. The van der Waals surface area contributed by atoms with Crippen molar-refractivity contribution in [2.24, 2.45) is 0 Å². The molecule has 1 heterocycles. The van der Waals surface area contributed by atoms with Gasteiger partial charge in [0.2, 0.25) is 0 Å². The standard InChI is InChI=1S/C17H25NO2/c1-15-9-5-6-12-18(15)13-7-8-14-20-17(19)16-10-3-2-4-11-16/h2-4,10-11,15H,5-9,12-14H2,1H3. The van der Waals surface area contributed by atoms with E-state index in [0.29, 0.717) is 12.2 Å². The molecule has 0 aliphatic carbocycles. The molecule has 0 radical (unpaired) electrons. The highest BCUT2D eigenvalue weighted by molar-refractivity contribution is 5.89. The number of esters is 1. The minimum Gasteiger partial charge on any atom is -0.462 e. The van der Waals surface area contributed by atoms with Gasteiger partial charge in [-0.1, -0.05) is 24.6 Å². The Labute approximate surface area is 121 Å². The van der Waals surface area contributed by atoms with Crippen LogP contribution >= 0.6 is 0 Å². The number of carbonyl (C=O) groups is 1. The van der Waals surface area contributed by atoms with Gasteiger partial charge in [0.1, 0.15) is 0 Å². The highest BCUT2D eigenvalue weighted by atomic mass is 16.5. The summed E-state index contributed by atoms with van der Waals surface area (Å²) in [4.78, 5) is 14.3. The number of likely N-dealkylation sites (tertiary alicyclic amines) is 1. The zero-order valence-corrected chi connectivity index (χ0v) is 12.4. The third-order valence-electron chi connectivity index (χ3n) is 4.02. The first-order valence-electron chi connectivity index (χ1n) is 7.73. The first kappa shape index (κ1) is 15.0. The second kappa shape index (κ2) is 8.05. The van der Waals surface area contributed by atoms with Crippen LogP contribution in [-0.2, 0) is 4.74 Å². The molecule has 110 valence electrons. The highest BCUT2D eigenvalue weighted by Crippen LogP contribution is 2.16. The molecule has 2 rings (SSSR count). The van der Waals surface area contributed by atoms with Gasteiger partial charge in [-0.2, -0.15) is 0 Å². The number of hydrogen-bond donors (Lipinski definition) is 0. The molecule has 1 fully saturated rings. The fourth-order valence-electron chi connectivity index (χ4n) is 2.73. The van der Waals surface area contributed by atoms with Crippen molar-refractivity contribution < 1.29 is 9.53 Å². The average molecular weight is 275 g/mol. The van der Waals surface area contributed by atoms with E-state index in [1.165, 1.54) is 25.8 Å². The Hall–Kier alpha value is -1.35. The summed E-state index contributed by atoms with van der Waals surface area (Å²) in [6, 6.07) is 9.91. The molecule has 20 heavy (non-hydrogen) atoms. The number of nitrogens with zero attached hydrogens (tertiary/aromatic N) is 1. The van der Waals surface area contributed by atoms with Gasteiger partial charge < -0.3 is 9.64 Å². The normalized spacial score (nSPS) is 19.8. The van der Waals surface area contributed by atoms with Gasteiger partial charge in [0.15, 0.2) is 0 Å². The lowest BCUT2D eigenvalue weighted by Gasteiger charge is -2.33. The molecule has 1 aliphatic heterocycles. The lowest BCUT2D eigenvalue weighted by Crippen LogP contribution is -2.38. The Morgan fingerprint density at radius 3 is 2.80 bits per heavy atom. The van der Waals surface area contributed by atoms with Crippen LogP contribution in [0.4, 0.5) is 0 Å². The van der Waals surface area contributed by atoms with Crippen LogP contribution in [0.25, 0.3) is 0 Å². The number of benzene rings is 1. The number of carbonyl (C=O) groups excluding carboxylic acids is 1. The molecular weight excluding hydrogens is 250 g/mol. The van der Waals surface area contributed by atoms with E-state index in [1.54, 1.807) is 12.1 Å². The minimum absolute atomic E-state index is 0.211. The van der Waals surface area contributed by atoms with Crippen molar-refractivity contribution >= 4 is 5.97 Å². The van der Waals surface area contributed by atoms with Crippen molar-refractivity contribution in [2.75, 3.05) is 19.7 Å². The van der Waals surface area contributed by atoms with E-state index in [4.69, 9.17) is 4.74 Å². The van der Waals surface area contributed by atoms with Crippen molar-refractivity contribution in [3.8, 4) is 0 Å². The van der Waals surface area contributed by atoms with Crippen LogP contribution in [0.5, 0.6) is 0 Å². The van der Waals surface area contributed by atoms with Crippen LogP contribution in [0, 0.1) is 0 Å². The van der Waals surface area contributed by atoms with Gasteiger partial charge in [0.25, 0.3) is 0 Å². The van der Waals surface area contributed by atoms with E-state index < -0.39 is 0 Å². The summed E-state index contributed by atoms with van der Waals surface area (Å²) in [7, 11) is 0. The van der Waals surface area contributed by atoms with Crippen molar-refractivity contribution in [3.05, 3.63) is 35.9 Å². The van der Waals surface area contributed by atoms with Gasteiger partial charge in [-0.15, -0.1) is 0 Å². The first-order chi connectivity index (χ1) is 9.77. The number of rotatable bonds is 6. The van der Waals surface area contributed by atoms with Crippen LogP contribution in [0.3, 0.4) is 0 Å². The Morgan fingerprint density at radius 2 is 2.05 bits per heavy atom. The Balaban J connectivity index is 1.58. The first-order valence-corrected chi connectivity index (χ1v) is 7.73. The van der Waals surface area contributed by atoms with Crippen LogP contribution in [0.1, 0.15) is 49.4 Å². The number of ether oxygens (including phenoxy) is 1. The molecule has 0 aromatic heterocycles. The lowest BCUT2D eigenvalue weighted by molar-refractivity contribution is 0.0491. The Bertz CT molecular complexity index is 405. The summed E-state index contributed by atoms with van der Waals surface area (Å²) in [6.07, 6.45) is 6.07. The summed E-state index contributed by atoms with van der Waals surface area (Å²) in [6.45, 7) is 5.19. The van der Waals surface area contributed by atoms with Gasteiger partial charge in [-0.05, 0) is 57.8 Å². The molecule has 1 atom stereocenters. The summed E-state index contributed by atoms with van der Waals surface area (Å²) < 4.78 is 5.29. The van der Waals surface area contributed by atoms with Gasteiger partial charge >= 0.3 is 5.97 Å². The third kappa shape index (κ3) is 4.64.